The molecular formula is C16H25N7O7S. The molecule has 1 spiro atoms. The molecule has 15 heteroatoms. The van der Waals surface area contributed by atoms with Gasteiger partial charge in [0.25, 0.3) is 0 Å². The van der Waals surface area contributed by atoms with Crippen molar-refractivity contribution in [2.45, 2.75) is 37.5 Å². The molecule has 14 nitrogen and oxygen atoms in total. The van der Waals surface area contributed by atoms with Gasteiger partial charge in [-0.05, 0) is 24.7 Å². The van der Waals surface area contributed by atoms with Gasteiger partial charge in [-0.2, -0.15) is 13.5 Å². The Bertz CT molecular complexity index is 963. The minimum absolute atomic E-state index is 0.137. The summed E-state index contributed by atoms with van der Waals surface area (Å²) in [7, 11) is -4.83. The van der Waals surface area contributed by atoms with E-state index in [1.54, 1.807) is 6.07 Å². The van der Waals surface area contributed by atoms with Gasteiger partial charge in [0.2, 0.25) is 0 Å². The smallest absolute Gasteiger partial charge is 0.384 e. The standard InChI is InChI=1S/C16H25N7O7S/c17-14(18)20-4-3-19-7-11(24)12-5-9(21-29-12)10-6-16(1-2-16)13-8-22(10)15(25)23(13)30-31(26,27)28/h5,10-11,13,19,24H,1-4,6-8H2,(H4,17,18,20)(H,26,27,28)/t10-,11?,13-/m0/s1. The average molecular weight is 459 g/mol. The number of aliphatic hydroxyl groups is 1. The maximum Gasteiger partial charge on any atom is 0.418 e. The van der Waals surface area contributed by atoms with Gasteiger partial charge in [-0.15, -0.1) is 4.28 Å². The number of carbonyl (C=O) groups excluding carboxylic acids is 1. The number of nitrogens with two attached hydrogens (primary N) is 1. The predicted molar refractivity (Wildman–Crippen MR) is 104 cm³/mol. The number of aromatic nitrogens is 1. The molecule has 2 saturated heterocycles. The predicted octanol–water partition coefficient (Wildman–Crippen LogP) is -1.15. The minimum Gasteiger partial charge on any atom is -0.384 e. The summed E-state index contributed by atoms with van der Waals surface area (Å²) in [5.41, 5.74) is 5.34. The quantitative estimate of drug-likeness (QED) is 0.112. The Hall–Kier alpha value is -2.46. The van der Waals surface area contributed by atoms with Gasteiger partial charge in [0.15, 0.2) is 11.7 Å². The molecule has 1 saturated carbocycles. The van der Waals surface area contributed by atoms with Gasteiger partial charge in [-0.1, -0.05) is 5.16 Å². The zero-order valence-electron chi connectivity index (χ0n) is 16.5. The van der Waals surface area contributed by atoms with Crippen LogP contribution in [0.4, 0.5) is 4.79 Å². The number of urea groups is 1. The topological polar surface area (TPSA) is 207 Å². The van der Waals surface area contributed by atoms with Crippen LogP contribution >= 0.6 is 0 Å². The highest BCUT2D eigenvalue weighted by Gasteiger charge is 2.64. The summed E-state index contributed by atoms with van der Waals surface area (Å²) in [6.45, 7) is 1.32. The van der Waals surface area contributed by atoms with E-state index < -0.39 is 34.6 Å². The molecule has 0 radical (unpaired) electrons. The fraction of sp³-hybridized carbons (Fsp3) is 0.688. The average Bonchev–Trinajstić information content (AvgIpc) is 3.17. The number of carbonyl (C=O) groups is 1. The Balaban J connectivity index is 1.42. The molecule has 172 valence electrons. The Kier molecular flexibility index (Phi) is 5.55. The number of guanidine groups is 1. The summed E-state index contributed by atoms with van der Waals surface area (Å²) in [5, 5.41) is 27.8. The molecule has 31 heavy (non-hydrogen) atoms. The molecular weight excluding hydrogens is 434 g/mol. The number of hydroxylamine groups is 2. The van der Waals surface area contributed by atoms with Crippen LogP contribution in [0.5, 0.6) is 0 Å². The van der Waals surface area contributed by atoms with E-state index in [0.29, 0.717) is 25.2 Å². The molecule has 0 aromatic carbocycles. The van der Waals surface area contributed by atoms with E-state index in [4.69, 9.17) is 20.2 Å². The number of hydrogen-bond donors (Lipinski definition) is 6. The monoisotopic (exact) mass is 459 g/mol. The molecule has 7 N–H and O–H groups in total. The first-order valence-corrected chi connectivity index (χ1v) is 11.2. The van der Waals surface area contributed by atoms with Gasteiger partial charge in [0.1, 0.15) is 11.8 Å². The Morgan fingerprint density at radius 1 is 1.48 bits per heavy atom. The summed E-state index contributed by atoms with van der Waals surface area (Å²) >= 11 is 0. The number of nitrogens with zero attached hydrogens (tertiary/aromatic N) is 3. The second kappa shape index (κ2) is 7.90. The normalized spacial score (nSPS) is 25.2. The van der Waals surface area contributed by atoms with Gasteiger partial charge in [0, 0.05) is 32.2 Å². The van der Waals surface area contributed by atoms with Crippen LogP contribution in [0.2, 0.25) is 0 Å². The van der Waals surface area contributed by atoms with E-state index in [9.17, 15) is 18.3 Å². The van der Waals surface area contributed by atoms with Gasteiger partial charge in [-0.3, -0.25) is 9.96 Å². The number of piperidine rings is 1. The van der Waals surface area contributed by atoms with E-state index in [1.165, 1.54) is 4.90 Å². The highest BCUT2D eigenvalue weighted by Crippen LogP contribution is 2.61. The van der Waals surface area contributed by atoms with Crippen LogP contribution in [0.25, 0.3) is 0 Å². The van der Waals surface area contributed by atoms with Gasteiger partial charge in [-0.25, -0.2) is 4.79 Å². The van der Waals surface area contributed by atoms with Crippen molar-refractivity contribution in [3.05, 3.63) is 17.5 Å². The van der Waals surface area contributed by atoms with Gasteiger partial charge >= 0.3 is 16.4 Å². The molecule has 3 aliphatic rings. The lowest BCUT2D eigenvalue weighted by molar-refractivity contribution is -0.0527. The fourth-order valence-corrected chi connectivity index (χ4v) is 4.69. The van der Waals surface area contributed by atoms with Crippen molar-refractivity contribution >= 4 is 22.4 Å². The lowest BCUT2D eigenvalue weighted by Crippen LogP contribution is -2.43. The third kappa shape index (κ3) is 4.45. The summed E-state index contributed by atoms with van der Waals surface area (Å²) in [5.74, 6) is 0.0917. The molecule has 3 atom stereocenters. The van der Waals surface area contributed by atoms with Crippen molar-refractivity contribution < 1.29 is 31.7 Å². The number of rotatable bonds is 9. The number of amides is 2. The summed E-state index contributed by atoms with van der Waals surface area (Å²) < 4.78 is 41.2. The van der Waals surface area contributed by atoms with E-state index in [-0.39, 0.29) is 30.2 Å². The first-order valence-electron chi connectivity index (χ1n) is 9.80. The minimum atomic E-state index is -4.83. The largest absolute Gasteiger partial charge is 0.418 e. The Morgan fingerprint density at radius 3 is 2.87 bits per heavy atom. The molecule has 1 aliphatic carbocycles. The van der Waals surface area contributed by atoms with Crippen molar-refractivity contribution in [1.29, 1.82) is 5.41 Å². The van der Waals surface area contributed by atoms with E-state index in [0.717, 1.165) is 17.9 Å². The van der Waals surface area contributed by atoms with Crippen LogP contribution in [-0.2, 0) is 14.7 Å². The van der Waals surface area contributed by atoms with Crippen LogP contribution in [0.1, 0.15) is 42.9 Å². The van der Waals surface area contributed by atoms with Crippen LogP contribution in [0, 0.1) is 10.8 Å². The Labute approximate surface area is 178 Å². The molecule has 4 rings (SSSR count). The second-order valence-corrected chi connectivity index (χ2v) is 9.08. The first-order chi connectivity index (χ1) is 14.6. The van der Waals surface area contributed by atoms with Crippen molar-refractivity contribution in [2.75, 3.05) is 26.2 Å². The van der Waals surface area contributed by atoms with Crippen molar-refractivity contribution in [3.63, 3.8) is 0 Å². The molecule has 1 unspecified atom stereocenters. The van der Waals surface area contributed by atoms with Crippen molar-refractivity contribution in [3.8, 4) is 0 Å². The number of fused-ring (bicyclic) bond motifs is 3. The maximum atomic E-state index is 12.8. The maximum absolute atomic E-state index is 12.8. The molecule has 1 aromatic heterocycles. The fourth-order valence-electron chi connectivity index (χ4n) is 4.32. The van der Waals surface area contributed by atoms with Crippen LogP contribution < -0.4 is 16.4 Å². The van der Waals surface area contributed by atoms with Crippen LogP contribution in [-0.4, -0.2) is 77.4 Å². The summed E-state index contributed by atoms with van der Waals surface area (Å²) in [6.07, 6.45) is 1.17. The zero-order valence-corrected chi connectivity index (χ0v) is 17.3. The SMILES string of the molecule is N=C(N)NCCNCC(O)c1cc([C@@H]2CC3(CC3)[C@@H]3CN2C(=O)N3OS(=O)(=O)O)no1. The molecule has 2 amide bonds. The van der Waals surface area contributed by atoms with Crippen molar-refractivity contribution in [1.82, 2.24) is 25.8 Å². The highest BCUT2D eigenvalue weighted by molar-refractivity contribution is 7.80. The highest BCUT2D eigenvalue weighted by atomic mass is 32.3. The third-order valence-electron chi connectivity index (χ3n) is 6.01. The lowest BCUT2D eigenvalue weighted by atomic mass is 9.84. The van der Waals surface area contributed by atoms with E-state index in [2.05, 4.69) is 20.1 Å². The number of hydrogen-bond acceptors (Lipinski definition) is 9. The van der Waals surface area contributed by atoms with Crippen LogP contribution in [0.3, 0.4) is 0 Å². The first kappa shape index (κ1) is 21.8. The molecule has 1 aromatic rings. The van der Waals surface area contributed by atoms with Crippen LogP contribution in [0.15, 0.2) is 10.6 Å². The Morgan fingerprint density at radius 2 is 2.23 bits per heavy atom. The second-order valence-electron chi connectivity index (χ2n) is 8.08. The third-order valence-corrected chi connectivity index (χ3v) is 6.36. The molecule has 2 bridgehead atoms. The lowest BCUT2D eigenvalue weighted by Gasteiger charge is -2.35. The van der Waals surface area contributed by atoms with Gasteiger partial charge < -0.3 is 30.9 Å². The molecule has 2 aliphatic heterocycles. The molecule has 3 heterocycles. The molecule has 3 fully saturated rings. The number of aliphatic hydroxyl groups excluding tert-OH is 1. The summed E-state index contributed by atoms with van der Waals surface area (Å²) in [4.78, 5) is 14.2. The van der Waals surface area contributed by atoms with E-state index >= 15 is 0 Å². The van der Waals surface area contributed by atoms with Crippen molar-refractivity contribution in [2.24, 2.45) is 11.1 Å². The number of nitrogens with one attached hydrogen (secondary N) is 3. The van der Waals surface area contributed by atoms with Gasteiger partial charge in [0.05, 0.1) is 12.1 Å². The summed E-state index contributed by atoms with van der Waals surface area (Å²) in [6, 6.07) is -0.0105. The van der Waals surface area contributed by atoms with E-state index in [1.807, 2.05) is 0 Å². The zero-order chi connectivity index (χ0) is 22.4.